The Morgan fingerprint density at radius 2 is 1.73 bits per heavy atom. The van der Waals surface area contributed by atoms with Crippen LogP contribution in [-0.2, 0) is 0 Å². The van der Waals surface area contributed by atoms with Crippen LogP contribution >= 0.6 is 46.3 Å². The van der Waals surface area contributed by atoms with Crippen molar-refractivity contribution >= 4 is 69.0 Å². The molecule has 0 atom stereocenters. The molecule has 0 saturated carbocycles. The summed E-state index contributed by atoms with van der Waals surface area (Å²) >= 11 is 15.0. The van der Waals surface area contributed by atoms with Gasteiger partial charge in [0, 0.05) is 15.6 Å². The predicted octanol–water partition coefficient (Wildman–Crippen LogP) is 5.90. The van der Waals surface area contributed by atoms with Crippen LogP contribution in [0.3, 0.4) is 0 Å². The van der Waals surface area contributed by atoms with E-state index in [0.29, 0.717) is 20.7 Å². The Bertz CT molecular complexity index is 938. The maximum absolute atomic E-state index is 12.3. The molecule has 3 aromatic rings. The summed E-state index contributed by atoms with van der Waals surface area (Å²) in [5.41, 5.74) is 1.59. The van der Waals surface area contributed by atoms with Gasteiger partial charge >= 0.3 is 0 Å². The van der Waals surface area contributed by atoms with E-state index in [0.717, 1.165) is 16.9 Å². The SMILES string of the molecule is CSc1ccc(C=C(Cl)c2nnc(C(=O)Nc3ccc(Cl)cc3)s2)cc1. The third-order valence-electron chi connectivity index (χ3n) is 3.33. The van der Waals surface area contributed by atoms with E-state index >= 15 is 0 Å². The molecule has 0 aliphatic heterocycles. The number of nitrogens with zero attached hydrogens (tertiary/aromatic N) is 2. The highest BCUT2D eigenvalue weighted by molar-refractivity contribution is 7.98. The molecule has 4 nitrogen and oxygen atoms in total. The normalized spacial score (nSPS) is 11.4. The second kappa shape index (κ2) is 8.68. The predicted molar refractivity (Wildman–Crippen MR) is 111 cm³/mol. The van der Waals surface area contributed by atoms with Crippen LogP contribution in [0.5, 0.6) is 0 Å². The standard InChI is InChI=1S/C18H13Cl2N3OS2/c1-25-14-8-2-11(3-9-14)10-15(20)17-22-23-18(26-17)16(24)21-13-6-4-12(19)5-7-13/h2-10H,1H3,(H,21,24). The Labute approximate surface area is 169 Å². The second-order valence-electron chi connectivity index (χ2n) is 5.14. The van der Waals surface area contributed by atoms with E-state index in [1.54, 1.807) is 42.1 Å². The molecule has 1 aromatic heterocycles. The average Bonchev–Trinajstić information content (AvgIpc) is 3.15. The first-order valence-corrected chi connectivity index (χ1v) is 10.3. The Balaban J connectivity index is 1.72. The van der Waals surface area contributed by atoms with Crippen LogP contribution in [0.15, 0.2) is 53.4 Å². The van der Waals surface area contributed by atoms with Crippen LogP contribution in [-0.4, -0.2) is 22.4 Å². The first-order valence-electron chi connectivity index (χ1n) is 7.47. The number of rotatable bonds is 5. The second-order valence-corrected chi connectivity index (χ2v) is 7.84. The number of halogens is 2. The topological polar surface area (TPSA) is 54.9 Å². The molecule has 0 aliphatic carbocycles. The lowest BCUT2D eigenvalue weighted by atomic mass is 10.2. The average molecular weight is 422 g/mol. The van der Waals surface area contributed by atoms with Crippen molar-refractivity contribution in [2.45, 2.75) is 4.90 Å². The van der Waals surface area contributed by atoms with Gasteiger partial charge in [-0.05, 0) is 54.3 Å². The van der Waals surface area contributed by atoms with E-state index in [2.05, 4.69) is 15.5 Å². The quantitative estimate of drug-likeness (QED) is 0.520. The molecule has 0 aliphatic rings. The fourth-order valence-electron chi connectivity index (χ4n) is 2.04. The van der Waals surface area contributed by atoms with Gasteiger partial charge in [0.25, 0.3) is 5.91 Å². The molecule has 0 fully saturated rings. The molecule has 3 rings (SSSR count). The van der Waals surface area contributed by atoms with Crippen molar-refractivity contribution in [3.8, 4) is 0 Å². The molecule has 2 aromatic carbocycles. The lowest BCUT2D eigenvalue weighted by molar-refractivity contribution is 0.102. The molecule has 0 radical (unpaired) electrons. The molecular weight excluding hydrogens is 409 g/mol. The minimum absolute atomic E-state index is 0.235. The summed E-state index contributed by atoms with van der Waals surface area (Å²) in [6, 6.07) is 14.8. The summed E-state index contributed by atoms with van der Waals surface area (Å²) in [4.78, 5) is 13.4. The van der Waals surface area contributed by atoms with Gasteiger partial charge in [0.15, 0.2) is 5.01 Å². The van der Waals surface area contributed by atoms with E-state index in [9.17, 15) is 4.79 Å². The molecule has 1 N–H and O–H groups in total. The summed E-state index contributed by atoms with van der Waals surface area (Å²) in [5.74, 6) is -0.343. The number of carbonyl (C=O) groups is 1. The van der Waals surface area contributed by atoms with Gasteiger partial charge in [-0.15, -0.1) is 22.0 Å². The zero-order valence-corrected chi connectivity index (χ0v) is 16.7. The van der Waals surface area contributed by atoms with E-state index in [-0.39, 0.29) is 10.9 Å². The number of aromatic nitrogens is 2. The lowest BCUT2D eigenvalue weighted by Crippen LogP contribution is -2.11. The molecular formula is C18H13Cl2N3OS2. The monoisotopic (exact) mass is 421 g/mol. The number of amides is 1. The molecule has 0 unspecified atom stereocenters. The molecule has 0 spiro atoms. The highest BCUT2D eigenvalue weighted by Crippen LogP contribution is 2.26. The summed E-state index contributed by atoms with van der Waals surface area (Å²) < 4.78 is 0. The minimum atomic E-state index is -0.343. The fraction of sp³-hybridized carbons (Fsp3) is 0.0556. The van der Waals surface area contributed by atoms with Crippen molar-refractivity contribution in [3.05, 3.63) is 69.1 Å². The van der Waals surface area contributed by atoms with E-state index in [1.165, 1.54) is 4.90 Å². The summed E-state index contributed by atoms with van der Waals surface area (Å²) in [6.45, 7) is 0. The number of benzene rings is 2. The zero-order chi connectivity index (χ0) is 18.5. The Morgan fingerprint density at radius 1 is 1.08 bits per heavy atom. The van der Waals surface area contributed by atoms with E-state index in [1.807, 2.05) is 30.5 Å². The third-order valence-corrected chi connectivity index (χ3v) is 5.69. The van der Waals surface area contributed by atoms with Gasteiger partial charge in [-0.1, -0.05) is 46.7 Å². The van der Waals surface area contributed by atoms with Gasteiger partial charge in [-0.2, -0.15) is 0 Å². The van der Waals surface area contributed by atoms with Crippen LogP contribution in [0, 0.1) is 0 Å². The smallest absolute Gasteiger partial charge is 0.286 e. The maximum atomic E-state index is 12.3. The van der Waals surface area contributed by atoms with Gasteiger partial charge in [-0.3, -0.25) is 4.79 Å². The van der Waals surface area contributed by atoms with Gasteiger partial charge < -0.3 is 5.32 Å². The largest absolute Gasteiger partial charge is 0.320 e. The number of anilines is 1. The first-order chi connectivity index (χ1) is 12.5. The summed E-state index contributed by atoms with van der Waals surface area (Å²) in [5, 5.41) is 12.4. The first kappa shape index (κ1) is 18.9. The van der Waals surface area contributed by atoms with Crippen molar-refractivity contribution in [3.63, 3.8) is 0 Å². The van der Waals surface area contributed by atoms with Crippen molar-refractivity contribution in [2.75, 3.05) is 11.6 Å². The van der Waals surface area contributed by atoms with Crippen LogP contribution in [0.2, 0.25) is 5.02 Å². The van der Waals surface area contributed by atoms with Crippen molar-refractivity contribution in [1.82, 2.24) is 10.2 Å². The van der Waals surface area contributed by atoms with Crippen molar-refractivity contribution in [1.29, 1.82) is 0 Å². The lowest BCUT2D eigenvalue weighted by Gasteiger charge is -2.01. The van der Waals surface area contributed by atoms with Crippen LogP contribution in [0.25, 0.3) is 11.1 Å². The molecule has 0 saturated heterocycles. The van der Waals surface area contributed by atoms with Gasteiger partial charge in [0.1, 0.15) is 0 Å². The summed E-state index contributed by atoms with van der Waals surface area (Å²) in [6.07, 6.45) is 3.82. The number of hydrogen-bond donors (Lipinski definition) is 1. The minimum Gasteiger partial charge on any atom is -0.320 e. The molecule has 0 bridgehead atoms. The molecule has 132 valence electrons. The Morgan fingerprint density at radius 3 is 2.38 bits per heavy atom. The zero-order valence-electron chi connectivity index (χ0n) is 13.6. The number of carbonyl (C=O) groups excluding carboxylic acids is 1. The van der Waals surface area contributed by atoms with Crippen LogP contribution in [0.1, 0.15) is 20.4 Å². The fourth-order valence-corrected chi connectivity index (χ4v) is 3.50. The highest BCUT2D eigenvalue weighted by atomic mass is 35.5. The number of hydrogen-bond acceptors (Lipinski definition) is 5. The van der Waals surface area contributed by atoms with Crippen molar-refractivity contribution in [2.24, 2.45) is 0 Å². The summed E-state index contributed by atoms with van der Waals surface area (Å²) in [7, 11) is 0. The van der Waals surface area contributed by atoms with Crippen LogP contribution in [0.4, 0.5) is 5.69 Å². The Kier molecular flexibility index (Phi) is 6.32. The van der Waals surface area contributed by atoms with E-state index < -0.39 is 0 Å². The van der Waals surface area contributed by atoms with E-state index in [4.69, 9.17) is 23.2 Å². The van der Waals surface area contributed by atoms with Crippen molar-refractivity contribution < 1.29 is 4.79 Å². The molecule has 8 heteroatoms. The van der Waals surface area contributed by atoms with Gasteiger partial charge in [0.2, 0.25) is 5.01 Å². The number of nitrogens with one attached hydrogen (secondary N) is 1. The van der Waals surface area contributed by atoms with Crippen LogP contribution < -0.4 is 5.32 Å². The molecule has 26 heavy (non-hydrogen) atoms. The van der Waals surface area contributed by atoms with Gasteiger partial charge in [-0.25, -0.2) is 0 Å². The molecule has 1 amide bonds. The van der Waals surface area contributed by atoms with Gasteiger partial charge in [0.05, 0.1) is 5.03 Å². The Hall–Kier alpha value is -1.86. The highest BCUT2D eigenvalue weighted by Gasteiger charge is 2.14. The third kappa shape index (κ3) is 4.86. The maximum Gasteiger partial charge on any atom is 0.286 e. The molecule has 1 heterocycles. The number of thioether (sulfide) groups is 1.